The highest BCUT2D eigenvalue weighted by molar-refractivity contribution is 5.97. The van der Waals surface area contributed by atoms with Crippen molar-refractivity contribution in [3.8, 4) is 0 Å². The van der Waals surface area contributed by atoms with E-state index >= 15 is 0 Å². The van der Waals surface area contributed by atoms with Crippen molar-refractivity contribution in [2.45, 2.75) is 6.92 Å². The van der Waals surface area contributed by atoms with Gasteiger partial charge in [-0.3, -0.25) is 0 Å². The van der Waals surface area contributed by atoms with Crippen LogP contribution in [-0.4, -0.2) is 67.3 Å². The summed E-state index contributed by atoms with van der Waals surface area (Å²) in [4.78, 5) is 29.1. The fraction of sp³-hybridized carbons (Fsp3) is 0.438. The Labute approximate surface area is 145 Å². The van der Waals surface area contributed by atoms with Gasteiger partial charge in [0.25, 0.3) is 0 Å². The van der Waals surface area contributed by atoms with Crippen LogP contribution in [0.15, 0.2) is 18.2 Å². The van der Waals surface area contributed by atoms with Crippen molar-refractivity contribution in [2.75, 3.05) is 45.4 Å². The van der Waals surface area contributed by atoms with E-state index in [0.29, 0.717) is 30.9 Å². The fourth-order valence-corrected chi connectivity index (χ4v) is 2.29. The normalized spacial score (nSPS) is 10.8. The number of anilines is 1. The molecule has 9 nitrogen and oxygen atoms in total. The minimum Gasteiger partial charge on any atom is -0.465 e. The number of carbonyl (C=O) groups is 2. The molecule has 0 aliphatic heterocycles. The maximum absolute atomic E-state index is 12.6. The smallest absolute Gasteiger partial charge is 0.413 e. The number of carbonyl (C=O) groups excluding carboxylic acids is 1. The van der Waals surface area contributed by atoms with Crippen molar-refractivity contribution >= 4 is 29.1 Å². The average molecular weight is 350 g/mol. The average Bonchev–Trinajstić information content (AvgIpc) is 2.98. The Morgan fingerprint density at radius 2 is 2.08 bits per heavy atom. The van der Waals surface area contributed by atoms with E-state index in [1.807, 2.05) is 13.0 Å². The Bertz CT molecular complexity index is 758. The summed E-state index contributed by atoms with van der Waals surface area (Å²) in [6.45, 7) is 3.38. The van der Waals surface area contributed by atoms with E-state index in [-0.39, 0.29) is 12.5 Å². The Hall–Kier alpha value is -2.65. The van der Waals surface area contributed by atoms with Crippen molar-refractivity contribution in [2.24, 2.45) is 0 Å². The van der Waals surface area contributed by atoms with Crippen molar-refractivity contribution < 1.29 is 24.2 Å². The zero-order chi connectivity index (χ0) is 18.4. The molecule has 9 heteroatoms. The molecule has 0 aliphatic rings. The first kappa shape index (κ1) is 18.7. The van der Waals surface area contributed by atoms with Gasteiger partial charge in [0.2, 0.25) is 5.95 Å². The minimum absolute atomic E-state index is 0.0367. The lowest BCUT2D eigenvalue weighted by Gasteiger charge is -2.14. The van der Waals surface area contributed by atoms with E-state index < -0.39 is 12.1 Å². The van der Waals surface area contributed by atoms with E-state index in [1.54, 1.807) is 19.2 Å². The maximum Gasteiger partial charge on any atom is 0.413 e. The third-order valence-electron chi connectivity index (χ3n) is 3.61. The van der Waals surface area contributed by atoms with Crippen LogP contribution in [-0.2, 0) is 9.47 Å². The highest BCUT2D eigenvalue weighted by Gasteiger charge is 2.23. The van der Waals surface area contributed by atoms with Crippen LogP contribution in [0.5, 0.6) is 0 Å². The molecule has 2 rings (SSSR count). The van der Waals surface area contributed by atoms with Crippen LogP contribution in [0, 0.1) is 6.92 Å². The second-order valence-electron chi connectivity index (χ2n) is 5.37. The number of nitrogens with one attached hydrogen (secondary N) is 1. The monoisotopic (exact) mass is 350 g/mol. The lowest BCUT2D eigenvalue weighted by molar-refractivity contribution is 0.0727. The molecule has 0 bridgehead atoms. The number of para-hydroxylation sites is 1. The molecule has 0 radical (unpaired) electrons. The van der Waals surface area contributed by atoms with Crippen LogP contribution in [0.1, 0.15) is 5.56 Å². The summed E-state index contributed by atoms with van der Waals surface area (Å²) >= 11 is 0. The molecule has 0 saturated heterocycles. The molecule has 25 heavy (non-hydrogen) atoms. The molecule has 0 fully saturated rings. The van der Waals surface area contributed by atoms with Crippen LogP contribution < -0.4 is 10.2 Å². The van der Waals surface area contributed by atoms with E-state index in [0.717, 1.165) is 10.5 Å². The Morgan fingerprint density at radius 3 is 2.76 bits per heavy atom. The largest absolute Gasteiger partial charge is 0.465 e. The van der Waals surface area contributed by atoms with Gasteiger partial charge in [-0.05, 0) is 18.6 Å². The number of carboxylic acid groups (broad SMARTS) is 1. The number of amides is 2. The highest BCUT2D eigenvalue weighted by atomic mass is 16.5. The van der Waals surface area contributed by atoms with E-state index in [4.69, 9.17) is 9.47 Å². The molecule has 0 atom stereocenters. The van der Waals surface area contributed by atoms with Crippen LogP contribution in [0.4, 0.5) is 15.5 Å². The SMILES string of the molecule is COCCOCCNC(=O)n1c(N(C)C(=O)O)nc2c(C)cccc21. The Balaban J connectivity index is 2.22. The predicted molar refractivity (Wildman–Crippen MR) is 92.4 cm³/mol. The standard InChI is InChI=1S/C16H22N4O5/c1-11-5-4-6-12-13(11)18-14(19(2)16(22)23)20(12)15(21)17-7-8-25-10-9-24-3/h4-6H,7-10H2,1-3H3,(H,17,21)(H,22,23). The van der Waals surface area contributed by atoms with Gasteiger partial charge in [0, 0.05) is 20.7 Å². The van der Waals surface area contributed by atoms with Gasteiger partial charge < -0.3 is 19.9 Å². The lowest BCUT2D eigenvalue weighted by Crippen LogP contribution is -2.35. The van der Waals surface area contributed by atoms with Crippen LogP contribution in [0.3, 0.4) is 0 Å². The fourth-order valence-electron chi connectivity index (χ4n) is 2.29. The van der Waals surface area contributed by atoms with Crippen LogP contribution in [0.25, 0.3) is 11.0 Å². The minimum atomic E-state index is -1.20. The van der Waals surface area contributed by atoms with Gasteiger partial charge in [-0.2, -0.15) is 0 Å². The Morgan fingerprint density at radius 1 is 1.32 bits per heavy atom. The maximum atomic E-state index is 12.6. The van der Waals surface area contributed by atoms with Gasteiger partial charge in [-0.1, -0.05) is 12.1 Å². The summed E-state index contributed by atoms with van der Waals surface area (Å²) < 4.78 is 11.4. The van der Waals surface area contributed by atoms with Gasteiger partial charge in [0.05, 0.1) is 30.9 Å². The molecule has 0 saturated carbocycles. The third kappa shape index (κ3) is 4.25. The molecule has 2 N–H and O–H groups in total. The number of rotatable bonds is 7. The molecule has 2 amide bonds. The first-order chi connectivity index (χ1) is 12.0. The first-order valence-electron chi connectivity index (χ1n) is 7.77. The van der Waals surface area contributed by atoms with E-state index in [1.165, 1.54) is 11.6 Å². The van der Waals surface area contributed by atoms with Crippen molar-refractivity contribution in [3.63, 3.8) is 0 Å². The van der Waals surface area contributed by atoms with Crippen molar-refractivity contribution in [3.05, 3.63) is 23.8 Å². The molecule has 2 aromatic rings. The molecule has 1 heterocycles. The van der Waals surface area contributed by atoms with E-state index in [2.05, 4.69) is 10.3 Å². The van der Waals surface area contributed by atoms with Crippen molar-refractivity contribution in [1.82, 2.24) is 14.9 Å². The molecule has 136 valence electrons. The third-order valence-corrected chi connectivity index (χ3v) is 3.61. The Kier molecular flexibility index (Phi) is 6.31. The number of aromatic nitrogens is 2. The summed E-state index contributed by atoms with van der Waals surface area (Å²) in [6.07, 6.45) is -1.20. The van der Waals surface area contributed by atoms with Crippen LogP contribution >= 0.6 is 0 Å². The van der Waals surface area contributed by atoms with Gasteiger partial charge in [0.15, 0.2) is 0 Å². The zero-order valence-corrected chi connectivity index (χ0v) is 14.5. The summed E-state index contributed by atoms with van der Waals surface area (Å²) in [5.74, 6) is 0.0367. The van der Waals surface area contributed by atoms with Gasteiger partial charge >= 0.3 is 12.1 Å². The first-order valence-corrected chi connectivity index (χ1v) is 7.77. The topological polar surface area (TPSA) is 106 Å². The second-order valence-corrected chi connectivity index (χ2v) is 5.37. The van der Waals surface area contributed by atoms with Gasteiger partial charge in [-0.25, -0.2) is 24.0 Å². The summed E-state index contributed by atoms with van der Waals surface area (Å²) in [5.41, 5.74) is 1.98. The number of ether oxygens (including phenoxy) is 2. The second kappa shape index (κ2) is 8.45. The molecule has 1 aromatic heterocycles. The number of hydrogen-bond donors (Lipinski definition) is 2. The molecular weight excluding hydrogens is 328 g/mol. The number of fused-ring (bicyclic) bond motifs is 1. The summed E-state index contributed by atoms with van der Waals surface area (Å²) in [6, 6.07) is 4.91. The van der Waals surface area contributed by atoms with Crippen molar-refractivity contribution in [1.29, 1.82) is 0 Å². The molecule has 0 unspecified atom stereocenters. The number of imidazole rings is 1. The van der Waals surface area contributed by atoms with E-state index in [9.17, 15) is 14.7 Å². The quantitative estimate of drug-likeness (QED) is 0.736. The zero-order valence-electron chi connectivity index (χ0n) is 14.5. The van der Waals surface area contributed by atoms with Gasteiger partial charge in [0.1, 0.15) is 0 Å². The summed E-state index contributed by atoms with van der Waals surface area (Å²) in [5, 5.41) is 11.9. The number of benzene rings is 1. The molecule has 0 spiro atoms. The number of methoxy groups -OCH3 is 1. The molecular formula is C16H22N4O5. The van der Waals surface area contributed by atoms with Gasteiger partial charge in [-0.15, -0.1) is 0 Å². The number of nitrogens with zero attached hydrogens (tertiary/aromatic N) is 3. The lowest BCUT2D eigenvalue weighted by atomic mass is 10.2. The molecule has 1 aromatic carbocycles. The number of hydrogen-bond acceptors (Lipinski definition) is 5. The van der Waals surface area contributed by atoms with Crippen LogP contribution in [0.2, 0.25) is 0 Å². The predicted octanol–water partition coefficient (Wildman–Crippen LogP) is 1.68. The molecule has 0 aliphatic carbocycles. The summed E-state index contributed by atoms with van der Waals surface area (Å²) in [7, 11) is 2.92. The highest BCUT2D eigenvalue weighted by Crippen LogP contribution is 2.24. The number of aryl methyl sites for hydroxylation is 1.